The van der Waals surface area contributed by atoms with Gasteiger partial charge in [-0.15, -0.1) is 0 Å². The molecule has 1 saturated heterocycles. The van der Waals surface area contributed by atoms with E-state index >= 15 is 0 Å². The van der Waals surface area contributed by atoms with Crippen LogP contribution in [0.25, 0.3) is 0 Å². The van der Waals surface area contributed by atoms with Gasteiger partial charge in [-0.25, -0.2) is 0 Å². The summed E-state index contributed by atoms with van der Waals surface area (Å²) in [6.07, 6.45) is 1.71. The number of carbonyl (C=O) groups excluding carboxylic acids is 1. The molecule has 138 valence electrons. The molecular formula is C21H25NO4. The summed E-state index contributed by atoms with van der Waals surface area (Å²) in [6, 6.07) is 17.2. The van der Waals surface area contributed by atoms with Crippen molar-refractivity contribution in [1.29, 1.82) is 0 Å². The Labute approximate surface area is 154 Å². The summed E-state index contributed by atoms with van der Waals surface area (Å²) in [5.41, 5.74) is 1.10. The average molecular weight is 355 g/mol. The van der Waals surface area contributed by atoms with Gasteiger partial charge in [-0.05, 0) is 42.7 Å². The fourth-order valence-corrected chi connectivity index (χ4v) is 3.01. The lowest BCUT2D eigenvalue weighted by Crippen LogP contribution is -2.40. The lowest BCUT2D eigenvalue weighted by atomic mass is 10.2. The second-order valence-electron chi connectivity index (χ2n) is 6.40. The average Bonchev–Trinajstić information content (AvgIpc) is 3.22. The maximum absolute atomic E-state index is 12.5. The fraction of sp³-hybridized carbons (Fsp3) is 0.381. The van der Waals surface area contributed by atoms with E-state index in [1.54, 1.807) is 12.1 Å². The van der Waals surface area contributed by atoms with Crippen molar-refractivity contribution in [2.45, 2.75) is 32.0 Å². The molecule has 1 atom stereocenters. The minimum Gasteiger partial charge on any atom is -0.489 e. The van der Waals surface area contributed by atoms with Gasteiger partial charge in [0.15, 0.2) is 6.10 Å². The number of ether oxygens (including phenoxy) is 2. The van der Waals surface area contributed by atoms with Crippen molar-refractivity contribution in [2.75, 3.05) is 19.7 Å². The molecule has 1 aliphatic heterocycles. The van der Waals surface area contributed by atoms with E-state index in [1.165, 1.54) is 0 Å². The standard InChI is InChI=1S/C21H25NO4/c23-15-12-20(21(24)22-13-4-5-14-22)26-19-10-8-18(9-11-19)25-16-17-6-2-1-3-7-17/h1-3,6-11,20,23H,4-5,12-16H2. The zero-order chi connectivity index (χ0) is 18.2. The van der Waals surface area contributed by atoms with Gasteiger partial charge in [0.05, 0.1) is 0 Å². The number of benzene rings is 2. The smallest absolute Gasteiger partial charge is 0.263 e. The van der Waals surface area contributed by atoms with Crippen LogP contribution in [0, 0.1) is 0 Å². The third-order valence-corrected chi connectivity index (χ3v) is 4.43. The number of hydrogen-bond acceptors (Lipinski definition) is 4. The number of rotatable bonds is 8. The highest BCUT2D eigenvalue weighted by atomic mass is 16.5. The highest BCUT2D eigenvalue weighted by molar-refractivity contribution is 5.81. The molecule has 0 aliphatic carbocycles. The van der Waals surface area contributed by atoms with Crippen LogP contribution >= 0.6 is 0 Å². The van der Waals surface area contributed by atoms with Gasteiger partial charge in [-0.2, -0.15) is 0 Å². The first-order valence-corrected chi connectivity index (χ1v) is 9.09. The highest BCUT2D eigenvalue weighted by Gasteiger charge is 2.27. The van der Waals surface area contributed by atoms with Gasteiger partial charge in [-0.3, -0.25) is 4.79 Å². The Kier molecular flexibility index (Phi) is 6.50. The van der Waals surface area contributed by atoms with Gasteiger partial charge in [0.1, 0.15) is 18.1 Å². The van der Waals surface area contributed by atoms with Gasteiger partial charge < -0.3 is 19.5 Å². The number of likely N-dealkylation sites (tertiary alicyclic amines) is 1. The Morgan fingerprint density at radius 1 is 1.00 bits per heavy atom. The molecule has 1 amide bonds. The molecule has 2 aromatic rings. The van der Waals surface area contributed by atoms with Crippen LogP contribution in [0.2, 0.25) is 0 Å². The second-order valence-corrected chi connectivity index (χ2v) is 6.40. The van der Waals surface area contributed by atoms with E-state index < -0.39 is 6.10 Å². The predicted octanol–water partition coefficient (Wildman–Crippen LogP) is 3.02. The van der Waals surface area contributed by atoms with Crippen LogP contribution < -0.4 is 9.47 Å². The maximum Gasteiger partial charge on any atom is 0.263 e. The number of carbonyl (C=O) groups is 1. The predicted molar refractivity (Wildman–Crippen MR) is 99.1 cm³/mol. The van der Waals surface area contributed by atoms with Crippen molar-refractivity contribution in [2.24, 2.45) is 0 Å². The Morgan fingerprint density at radius 3 is 2.31 bits per heavy atom. The molecule has 1 heterocycles. The van der Waals surface area contributed by atoms with E-state index in [2.05, 4.69) is 0 Å². The van der Waals surface area contributed by atoms with Crippen molar-refractivity contribution < 1.29 is 19.4 Å². The fourth-order valence-electron chi connectivity index (χ4n) is 3.01. The first kappa shape index (κ1) is 18.3. The molecule has 1 unspecified atom stereocenters. The zero-order valence-corrected chi connectivity index (χ0v) is 14.8. The number of nitrogens with zero attached hydrogens (tertiary/aromatic N) is 1. The van der Waals surface area contributed by atoms with E-state index in [-0.39, 0.29) is 12.5 Å². The van der Waals surface area contributed by atoms with Crippen molar-refractivity contribution in [3.05, 3.63) is 60.2 Å². The monoisotopic (exact) mass is 355 g/mol. The van der Waals surface area contributed by atoms with Gasteiger partial charge in [0, 0.05) is 26.1 Å². The molecule has 2 aromatic carbocycles. The summed E-state index contributed by atoms with van der Waals surface area (Å²) >= 11 is 0. The molecule has 1 aliphatic rings. The van der Waals surface area contributed by atoms with Crippen LogP contribution in [-0.4, -0.2) is 41.7 Å². The topological polar surface area (TPSA) is 59.0 Å². The van der Waals surface area contributed by atoms with Gasteiger partial charge in [0.2, 0.25) is 0 Å². The van der Waals surface area contributed by atoms with Gasteiger partial charge >= 0.3 is 0 Å². The minimum absolute atomic E-state index is 0.0408. The SMILES string of the molecule is O=C(C(CCO)Oc1ccc(OCc2ccccc2)cc1)N1CCCC1. The first-order valence-electron chi connectivity index (χ1n) is 9.09. The van der Waals surface area contributed by atoms with Crippen molar-refractivity contribution in [1.82, 2.24) is 4.90 Å². The van der Waals surface area contributed by atoms with E-state index in [4.69, 9.17) is 9.47 Å². The summed E-state index contributed by atoms with van der Waals surface area (Å²) in [5.74, 6) is 1.30. The van der Waals surface area contributed by atoms with Crippen LogP contribution in [0.4, 0.5) is 0 Å². The summed E-state index contributed by atoms with van der Waals surface area (Å²) in [7, 11) is 0. The molecule has 0 aromatic heterocycles. The molecule has 0 radical (unpaired) electrons. The summed E-state index contributed by atoms with van der Waals surface area (Å²) in [6.45, 7) is 1.97. The zero-order valence-electron chi connectivity index (χ0n) is 14.8. The summed E-state index contributed by atoms with van der Waals surface area (Å²) in [5, 5.41) is 9.26. The lowest BCUT2D eigenvalue weighted by Gasteiger charge is -2.23. The molecule has 0 spiro atoms. The molecule has 26 heavy (non-hydrogen) atoms. The highest BCUT2D eigenvalue weighted by Crippen LogP contribution is 2.21. The summed E-state index contributed by atoms with van der Waals surface area (Å²) < 4.78 is 11.6. The van der Waals surface area contributed by atoms with Crippen LogP contribution in [-0.2, 0) is 11.4 Å². The summed E-state index contributed by atoms with van der Waals surface area (Å²) in [4.78, 5) is 14.3. The second kappa shape index (κ2) is 9.25. The van der Waals surface area contributed by atoms with Crippen LogP contribution in [0.3, 0.4) is 0 Å². The largest absolute Gasteiger partial charge is 0.489 e. The van der Waals surface area contributed by atoms with Crippen LogP contribution in [0.1, 0.15) is 24.8 Å². The number of aliphatic hydroxyl groups is 1. The number of amides is 1. The Hall–Kier alpha value is -2.53. The molecule has 5 heteroatoms. The maximum atomic E-state index is 12.5. The molecule has 1 fully saturated rings. The number of hydrogen-bond donors (Lipinski definition) is 1. The van der Waals surface area contributed by atoms with Crippen molar-refractivity contribution in [3.8, 4) is 11.5 Å². The Bertz CT molecular complexity index is 681. The van der Waals surface area contributed by atoms with Gasteiger partial charge in [-0.1, -0.05) is 30.3 Å². The Morgan fingerprint density at radius 2 is 1.65 bits per heavy atom. The molecular weight excluding hydrogens is 330 g/mol. The third-order valence-electron chi connectivity index (χ3n) is 4.43. The third kappa shape index (κ3) is 4.99. The van der Waals surface area contributed by atoms with E-state index in [1.807, 2.05) is 47.4 Å². The lowest BCUT2D eigenvalue weighted by molar-refractivity contribution is -0.138. The normalized spacial score (nSPS) is 14.9. The van der Waals surface area contributed by atoms with Crippen LogP contribution in [0.15, 0.2) is 54.6 Å². The minimum atomic E-state index is -0.644. The molecule has 0 saturated carbocycles. The van der Waals surface area contributed by atoms with Crippen LogP contribution in [0.5, 0.6) is 11.5 Å². The van der Waals surface area contributed by atoms with E-state index in [0.717, 1.165) is 37.2 Å². The van der Waals surface area contributed by atoms with Gasteiger partial charge in [0.25, 0.3) is 5.91 Å². The molecule has 3 rings (SSSR count). The van der Waals surface area contributed by atoms with Crippen molar-refractivity contribution >= 4 is 5.91 Å². The molecule has 5 nitrogen and oxygen atoms in total. The van der Waals surface area contributed by atoms with E-state index in [9.17, 15) is 9.90 Å². The first-order chi connectivity index (χ1) is 12.8. The molecule has 1 N–H and O–H groups in total. The quantitative estimate of drug-likeness (QED) is 0.791. The Balaban J connectivity index is 1.56. The molecule has 0 bridgehead atoms. The number of aliphatic hydroxyl groups excluding tert-OH is 1. The van der Waals surface area contributed by atoms with Crippen molar-refractivity contribution in [3.63, 3.8) is 0 Å². The van der Waals surface area contributed by atoms with E-state index in [0.29, 0.717) is 18.8 Å².